The van der Waals surface area contributed by atoms with Crippen LogP contribution in [-0.2, 0) is 12.1 Å². The van der Waals surface area contributed by atoms with E-state index in [2.05, 4.69) is 5.10 Å². The van der Waals surface area contributed by atoms with Crippen molar-refractivity contribution in [1.82, 2.24) is 9.78 Å². The van der Waals surface area contributed by atoms with Gasteiger partial charge in [-0.3, -0.25) is 4.68 Å². The van der Waals surface area contributed by atoms with Gasteiger partial charge in [-0.05, 0) is 12.5 Å². The summed E-state index contributed by atoms with van der Waals surface area (Å²) >= 11 is 5.95. The lowest BCUT2D eigenvalue weighted by atomic mass is 9.94. The van der Waals surface area contributed by atoms with E-state index in [1.165, 1.54) is 0 Å². The lowest BCUT2D eigenvalue weighted by molar-refractivity contribution is 0.0234. The van der Waals surface area contributed by atoms with E-state index in [-0.39, 0.29) is 13.1 Å². The SMILES string of the molecule is Cc1c(Cl)cnn1CC(O)(CN)c1ccccc1. The first-order chi connectivity index (χ1) is 8.57. The van der Waals surface area contributed by atoms with Crippen molar-refractivity contribution >= 4 is 11.6 Å². The van der Waals surface area contributed by atoms with Gasteiger partial charge in [0, 0.05) is 6.54 Å². The number of halogens is 1. The fourth-order valence-corrected chi connectivity index (χ4v) is 1.99. The molecular weight excluding hydrogens is 250 g/mol. The Morgan fingerprint density at radius 3 is 2.56 bits per heavy atom. The smallest absolute Gasteiger partial charge is 0.121 e. The van der Waals surface area contributed by atoms with Crippen LogP contribution >= 0.6 is 11.6 Å². The summed E-state index contributed by atoms with van der Waals surface area (Å²) in [5.41, 5.74) is 6.18. The zero-order chi connectivity index (χ0) is 13.2. The lowest BCUT2D eigenvalue weighted by Gasteiger charge is -2.27. The molecule has 0 radical (unpaired) electrons. The number of aromatic nitrogens is 2. The normalized spacial score (nSPS) is 14.4. The maximum atomic E-state index is 10.6. The Morgan fingerprint density at radius 1 is 1.39 bits per heavy atom. The maximum Gasteiger partial charge on any atom is 0.121 e. The van der Waals surface area contributed by atoms with E-state index >= 15 is 0 Å². The molecule has 2 aromatic rings. The van der Waals surface area contributed by atoms with Crippen LogP contribution in [-0.4, -0.2) is 21.4 Å². The van der Waals surface area contributed by atoms with Gasteiger partial charge in [0.15, 0.2) is 0 Å². The van der Waals surface area contributed by atoms with Gasteiger partial charge in [-0.25, -0.2) is 0 Å². The summed E-state index contributed by atoms with van der Waals surface area (Å²) in [6.45, 7) is 2.26. The molecule has 18 heavy (non-hydrogen) atoms. The minimum absolute atomic E-state index is 0.119. The highest BCUT2D eigenvalue weighted by molar-refractivity contribution is 6.31. The monoisotopic (exact) mass is 265 g/mol. The van der Waals surface area contributed by atoms with E-state index in [0.717, 1.165) is 11.3 Å². The van der Waals surface area contributed by atoms with Crippen molar-refractivity contribution in [2.24, 2.45) is 5.73 Å². The second-order valence-electron chi connectivity index (χ2n) is 4.34. The average molecular weight is 266 g/mol. The molecule has 0 aliphatic rings. The number of rotatable bonds is 4. The highest BCUT2D eigenvalue weighted by Gasteiger charge is 2.29. The van der Waals surface area contributed by atoms with Gasteiger partial charge < -0.3 is 10.8 Å². The first-order valence-electron chi connectivity index (χ1n) is 5.73. The average Bonchev–Trinajstić information content (AvgIpc) is 2.71. The molecule has 1 unspecified atom stereocenters. The Morgan fingerprint density at radius 2 is 2.06 bits per heavy atom. The fraction of sp³-hybridized carbons (Fsp3) is 0.308. The predicted molar refractivity (Wildman–Crippen MR) is 71.4 cm³/mol. The van der Waals surface area contributed by atoms with Gasteiger partial charge >= 0.3 is 0 Å². The van der Waals surface area contributed by atoms with Gasteiger partial charge in [-0.15, -0.1) is 0 Å². The highest BCUT2D eigenvalue weighted by Crippen LogP contribution is 2.24. The molecule has 0 saturated carbocycles. The molecule has 4 nitrogen and oxygen atoms in total. The van der Waals surface area contributed by atoms with E-state index < -0.39 is 5.60 Å². The number of nitrogens with two attached hydrogens (primary N) is 1. The van der Waals surface area contributed by atoms with Crippen molar-refractivity contribution in [3.05, 3.63) is 52.8 Å². The highest BCUT2D eigenvalue weighted by atomic mass is 35.5. The van der Waals surface area contributed by atoms with Crippen molar-refractivity contribution in [2.75, 3.05) is 6.54 Å². The number of hydrogen-bond donors (Lipinski definition) is 2. The third-order valence-electron chi connectivity index (χ3n) is 3.10. The van der Waals surface area contributed by atoms with Crippen LogP contribution in [0.4, 0.5) is 0 Å². The first-order valence-corrected chi connectivity index (χ1v) is 6.10. The quantitative estimate of drug-likeness (QED) is 0.884. The van der Waals surface area contributed by atoms with Crippen LogP contribution in [0.5, 0.6) is 0 Å². The Kier molecular flexibility index (Phi) is 3.71. The zero-order valence-electron chi connectivity index (χ0n) is 10.2. The van der Waals surface area contributed by atoms with Crippen molar-refractivity contribution in [2.45, 2.75) is 19.1 Å². The van der Waals surface area contributed by atoms with Crippen LogP contribution in [0.1, 0.15) is 11.3 Å². The van der Waals surface area contributed by atoms with Crippen LogP contribution in [0.3, 0.4) is 0 Å². The molecule has 1 heterocycles. The summed E-state index contributed by atoms with van der Waals surface area (Å²) in [5.74, 6) is 0. The molecule has 0 amide bonds. The largest absolute Gasteiger partial charge is 0.382 e. The van der Waals surface area contributed by atoms with E-state index in [1.54, 1.807) is 10.9 Å². The molecule has 0 bridgehead atoms. The summed E-state index contributed by atoms with van der Waals surface area (Å²) in [6.07, 6.45) is 1.57. The Bertz CT molecular complexity index is 526. The van der Waals surface area contributed by atoms with Crippen molar-refractivity contribution in [3.8, 4) is 0 Å². The predicted octanol–water partition coefficient (Wildman–Crippen LogP) is 1.69. The molecule has 2 rings (SSSR count). The van der Waals surface area contributed by atoms with E-state index in [9.17, 15) is 5.11 Å². The third kappa shape index (κ3) is 2.41. The summed E-state index contributed by atoms with van der Waals surface area (Å²) in [7, 11) is 0. The standard InChI is InChI=1S/C13H16ClN3O/c1-10-12(14)7-16-17(10)9-13(18,8-15)11-5-3-2-4-6-11/h2-7,18H,8-9,15H2,1H3. The molecule has 5 heteroatoms. The lowest BCUT2D eigenvalue weighted by Crippen LogP contribution is -2.39. The number of aliphatic hydroxyl groups is 1. The Balaban J connectivity index is 2.32. The molecular formula is C13H16ClN3O. The van der Waals surface area contributed by atoms with E-state index in [0.29, 0.717) is 5.02 Å². The molecule has 0 fully saturated rings. The molecule has 1 aromatic heterocycles. The van der Waals surface area contributed by atoms with Crippen molar-refractivity contribution < 1.29 is 5.11 Å². The van der Waals surface area contributed by atoms with Gasteiger partial charge in [0.05, 0.1) is 23.5 Å². The van der Waals surface area contributed by atoms with Crippen LogP contribution in [0.25, 0.3) is 0 Å². The van der Waals surface area contributed by atoms with Gasteiger partial charge in [0.25, 0.3) is 0 Å². The number of benzene rings is 1. The fourth-order valence-electron chi connectivity index (χ4n) is 1.85. The second-order valence-corrected chi connectivity index (χ2v) is 4.74. The number of nitrogens with zero attached hydrogens (tertiary/aromatic N) is 2. The third-order valence-corrected chi connectivity index (χ3v) is 3.47. The van der Waals surface area contributed by atoms with Gasteiger partial charge in [0.1, 0.15) is 5.60 Å². The molecule has 96 valence electrons. The van der Waals surface area contributed by atoms with E-state index in [4.69, 9.17) is 17.3 Å². The summed E-state index contributed by atoms with van der Waals surface area (Å²) in [5, 5.41) is 15.4. The first kappa shape index (κ1) is 13.1. The molecule has 0 saturated heterocycles. The Labute approximate surface area is 111 Å². The van der Waals surface area contributed by atoms with Crippen LogP contribution < -0.4 is 5.73 Å². The summed E-state index contributed by atoms with van der Waals surface area (Å²) < 4.78 is 1.67. The molecule has 1 aromatic carbocycles. The molecule has 1 atom stereocenters. The van der Waals surface area contributed by atoms with Crippen LogP contribution in [0.15, 0.2) is 36.5 Å². The topological polar surface area (TPSA) is 64.1 Å². The van der Waals surface area contributed by atoms with Crippen molar-refractivity contribution in [3.63, 3.8) is 0 Å². The van der Waals surface area contributed by atoms with Gasteiger partial charge in [-0.2, -0.15) is 5.10 Å². The van der Waals surface area contributed by atoms with Crippen LogP contribution in [0.2, 0.25) is 5.02 Å². The van der Waals surface area contributed by atoms with E-state index in [1.807, 2.05) is 37.3 Å². The number of hydrogen-bond acceptors (Lipinski definition) is 3. The summed E-state index contributed by atoms with van der Waals surface area (Å²) in [4.78, 5) is 0. The molecule has 3 N–H and O–H groups in total. The second kappa shape index (κ2) is 5.10. The maximum absolute atomic E-state index is 10.6. The Hall–Kier alpha value is -1.36. The van der Waals surface area contributed by atoms with Crippen LogP contribution in [0, 0.1) is 6.92 Å². The van der Waals surface area contributed by atoms with Gasteiger partial charge in [-0.1, -0.05) is 41.9 Å². The minimum atomic E-state index is -1.14. The molecule has 0 spiro atoms. The molecule has 0 aliphatic heterocycles. The van der Waals surface area contributed by atoms with Crippen molar-refractivity contribution in [1.29, 1.82) is 0 Å². The minimum Gasteiger partial charge on any atom is -0.382 e. The zero-order valence-corrected chi connectivity index (χ0v) is 10.9. The van der Waals surface area contributed by atoms with Gasteiger partial charge in [0.2, 0.25) is 0 Å². The molecule has 0 aliphatic carbocycles. The summed E-state index contributed by atoms with van der Waals surface area (Å²) in [6, 6.07) is 9.36.